The normalized spacial score (nSPS) is 26.2. The van der Waals surface area contributed by atoms with Crippen LogP contribution in [0.2, 0.25) is 5.02 Å². The maximum absolute atomic E-state index is 12.3. The number of aromatic nitrogens is 1. The molecule has 2 saturated heterocycles. The first-order valence-corrected chi connectivity index (χ1v) is 8.90. The monoisotopic (exact) mass is 357 g/mol. The van der Waals surface area contributed by atoms with Gasteiger partial charge in [0.05, 0.1) is 12.7 Å². The van der Waals surface area contributed by atoms with Crippen LogP contribution < -0.4 is 5.32 Å². The Bertz CT molecular complexity index is 738. The Morgan fingerprint density at radius 3 is 2.80 bits per heavy atom. The van der Waals surface area contributed by atoms with E-state index in [9.17, 15) is 4.79 Å². The molecule has 0 aliphatic carbocycles. The van der Waals surface area contributed by atoms with E-state index < -0.39 is 0 Å². The topological polar surface area (TPSA) is 54.5 Å². The zero-order valence-electron chi connectivity index (χ0n) is 13.8. The summed E-state index contributed by atoms with van der Waals surface area (Å²) in [6.07, 6.45) is 2.60. The van der Waals surface area contributed by atoms with E-state index >= 15 is 0 Å². The van der Waals surface area contributed by atoms with Crippen LogP contribution in [-0.4, -0.2) is 47.6 Å². The summed E-state index contributed by atoms with van der Waals surface area (Å²) in [5.74, 6) is -0.111. The number of carbonyl (C=O) groups is 1. The smallest absolute Gasteiger partial charge is 0.270 e. The second kappa shape index (κ2) is 7.12. The molecule has 2 aliphatic heterocycles. The van der Waals surface area contributed by atoms with Gasteiger partial charge in [0, 0.05) is 36.4 Å². The molecule has 1 N–H and O–H groups in total. The summed E-state index contributed by atoms with van der Waals surface area (Å²) in [5.41, 5.74) is 1.60. The van der Waals surface area contributed by atoms with Crippen molar-refractivity contribution in [2.45, 2.75) is 24.6 Å². The van der Waals surface area contributed by atoms with Gasteiger partial charge < -0.3 is 10.1 Å². The highest BCUT2D eigenvalue weighted by molar-refractivity contribution is 6.30. The number of carbonyl (C=O) groups excluding carboxylic acids is 1. The molecule has 0 unspecified atom stereocenters. The van der Waals surface area contributed by atoms with Crippen molar-refractivity contribution in [3.63, 3.8) is 0 Å². The maximum Gasteiger partial charge on any atom is 0.270 e. The minimum Gasteiger partial charge on any atom is -0.371 e. The molecule has 2 aliphatic rings. The Hall–Kier alpha value is -1.95. The van der Waals surface area contributed by atoms with Crippen LogP contribution in [0.4, 0.5) is 0 Å². The van der Waals surface area contributed by atoms with E-state index in [1.165, 1.54) is 0 Å². The molecule has 1 amide bonds. The fourth-order valence-electron chi connectivity index (χ4n) is 3.61. The Balaban J connectivity index is 1.37. The lowest BCUT2D eigenvalue weighted by atomic mass is 10.1. The van der Waals surface area contributed by atoms with Crippen LogP contribution in [-0.2, 0) is 4.74 Å². The van der Waals surface area contributed by atoms with E-state index in [1.54, 1.807) is 18.3 Å². The summed E-state index contributed by atoms with van der Waals surface area (Å²) >= 11 is 5.96. The predicted octanol–water partition coefficient (Wildman–Crippen LogP) is 2.68. The number of nitrogens with zero attached hydrogens (tertiary/aromatic N) is 2. The summed E-state index contributed by atoms with van der Waals surface area (Å²) in [7, 11) is 0. The van der Waals surface area contributed by atoms with Crippen LogP contribution in [0.1, 0.15) is 28.6 Å². The second-order valence-electron chi connectivity index (χ2n) is 6.60. The lowest BCUT2D eigenvalue weighted by Gasteiger charge is -2.35. The number of hydrogen-bond acceptors (Lipinski definition) is 4. The number of morpholine rings is 1. The van der Waals surface area contributed by atoms with Crippen LogP contribution in [0.15, 0.2) is 48.7 Å². The van der Waals surface area contributed by atoms with E-state index in [2.05, 4.69) is 15.2 Å². The van der Waals surface area contributed by atoms with Crippen molar-refractivity contribution in [1.82, 2.24) is 15.2 Å². The van der Waals surface area contributed by atoms with Crippen molar-refractivity contribution >= 4 is 17.5 Å². The lowest BCUT2D eigenvalue weighted by Crippen LogP contribution is -2.43. The summed E-state index contributed by atoms with van der Waals surface area (Å²) in [6.45, 7) is 2.36. The van der Waals surface area contributed by atoms with Crippen molar-refractivity contribution < 1.29 is 9.53 Å². The molecule has 6 heteroatoms. The van der Waals surface area contributed by atoms with Gasteiger partial charge in [-0.25, -0.2) is 0 Å². The van der Waals surface area contributed by atoms with Crippen molar-refractivity contribution in [2.75, 3.05) is 19.7 Å². The van der Waals surface area contributed by atoms with Gasteiger partial charge in [-0.1, -0.05) is 29.8 Å². The fraction of sp³-hybridized carbons (Fsp3) is 0.368. The molecule has 4 rings (SSSR count). The molecule has 1 aromatic heterocycles. The SMILES string of the molecule is O=C(N[C@H]1C[C@H]2CO[C@@H](c3ccc(Cl)cc3)CN2C1)c1ccccn1. The van der Waals surface area contributed by atoms with E-state index in [4.69, 9.17) is 16.3 Å². The molecule has 0 spiro atoms. The highest BCUT2D eigenvalue weighted by Gasteiger charge is 2.38. The van der Waals surface area contributed by atoms with Crippen molar-refractivity contribution in [1.29, 1.82) is 0 Å². The minimum absolute atomic E-state index is 0.0544. The molecule has 1 aromatic carbocycles. The van der Waals surface area contributed by atoms with Crippen LogP contribution >= 0.6 is 11.6 Å². The molecule has 25 heavy (non-hydrogen) atoms. The third kappa shape index (κ3) is 3.68. The highest BCUT2D eigenvalue weighted by atomic mass is 35.5. The fourth-order valence-corrected chi connectivity index (χ4v) is 3.74. The molecule has 5 nitrogen and oxygen atoms in total. The number of halogens is 1. The first-order chi connectivity index (χ1) is 12.2. The third-order valence-electron chi connectivity index (χ3n) is 4.89. The number of rotatable bonds is 3. The molecular formula is C19H20ClN3O2. The Morgan fingerprint density at radius 1 is 1.20 bits per heavy atom. The molecule has 0 saturated carbocycles. The number of amides is 1. The second-order valence-corrected chi connectivity index (χ2v) is 7.04. The number of nitrogens with one attached hydrogen (secondary N) is 1. The average molecular weight is 358 g/mol. The quantitative estimate of drug-likeness (QED) is 0.917. The van der Waals surface area contributed by atoms with Gasteiger partial charge in [-0.05, 0) is 36.2 Å². The van der Waals surface area contributed by atoms with Gasteiger partial charge in [-0.15, -0.1) is 0 Å². The third-order valence-corrected chi connectivity index (χ3v) is 5.14. The van der Waals surface area contributed by atoms with Crippen LogP contribution in [0.5, 0.6) is 0 Å². The zero-order valence-corrected chi connectivity index (χ0v) is 14.5. The summed E-state index contributed by atoms with van der Waals surface area (Å²) < 4.78 is 6.05. The molecule has 0 radical (unpaired) electrons. The Morgan fingerprint density at radius 2 is 2.04 bits per heavy atom. The first kappa shape index (κ1) is 16.5. The van der Waals surface area contributed by atoms with Crippen molar-refractivity contribution in [2.24, 2.45) is 0 Å². The van der Waals surface area contributed by atoms with Crippen LogP contribution in [0.25, 0.3) is 0 Å². The molecule has 2 fully saturated rings. The van der Waals surface area contributed by atoms with Gasteiger partial charge in [0.25, 0.3) is 5.91 Å². The molecule has 130 valence electrons. The molecule has 3 atom stereocenters. The number of pyridine rings is 1. The largest absolute Gasteiger partial charge is 0.371 e. The van der Waals surface area contributed by atoms with Crippen LogP contribution in [0.3, 0.4) is 0 Å². The number of hydrogen-bond donors (Lipinski definition) is 1. The molecular weight excluding hydrogens is 338 g/mol. The van der Waals surface area contributed by atoms with E-state index in [0.717, 1.165) is 30.1 Å². The average Bonchev–Trinajstić information content (AvgIpc) is 3.04. The molecule has 0 bridgehead atoms. The number of fused-ring (bicyclic) bond motifs is 1. The van der Waals surface area contributed by atoms with E-state index in [-0.39, 0.29) is 18.1 Å². The number of ether oxygens (including phenoxy) is 1. The first-order valence-electron chi connectivity index (χ1n) is 8.52. The zero-order chi connectivity index (χ0) is 17.2. The van der Waals surface area contributed by atoms with Gasteiger partial charge in [-0.3, -0.25) is 14.7 Å². The van der Waals surface area contributed by atoms with Crippen molar-refractivity contribution in [3.8, 4) is 0 Å². The summed E-state index contributed by atoms with van der Waals surface area (Å²) in [4.78, 5) is 18.8. The van der Waals surface area contributed by atoms with Crippen molar-refractivity contribution in [3.05, 3.63) is 64.9 Å². The van der Waals surface area contributed by atoms with Gasteiger partial charge >= 0.3 is 0 Å². The summed E-state index contributed by atoms with van der Waals surface area (Å²) in [6, 6.07) is 13.7. The van der Waals surface area contributed by atoms with E-state index in [0.29, 0.717) is 18.3 Å². The van der Waals surface area contributed by atoms with Gasteiger partial charge in [0.1, 0.15) is 5.69 Å². The molecule has 3 heterocycles. The maximum atomic E-state index is 12.3. The Kier molecular flexibility index (Phi) is 4.70. The van der Waals surface area contributed by atoms with Gasteiger partial charge in [0.15, 0.2) is 0 Å². The standard InChI is InChI=1S/C19H20ClN3O2/c20-14-6-4-13(5-7-14)18-11-23-10-15(9-16(23)12-25-18)22-19(24)17-3-1-2-8-21-17/h1-8,15-16,18H,9-12H2,(H,22,24)/t15-,16-,18+/m0/s1. The van der Waals surface area contributed by atoms with Gasteiger partial charge in [0.2, 0.25) is 0 Å². The molecule has 2 aromatic rings. The van der Waals surface area contributed by atoms with Gasteiger partial charge in [-0.2, -0.15) is 0 Å². The van der Waals surface area contributed by atoms with Crippen LogP contribution in [0, 0.1) is 0 Å². The predicted molar refractivity (Wildman–Crippen MR) is 95.6 cm³/mol. The lowest BCUT2D eigenvalue weighted by molar-refractivity contribution is -0.0502. The minimum atomic E-state index is -0.111. The highest BCUT2D eigenvalue weighted by Crippen LogP contribution is 2.30. The van der Waals surface area contributed by atoms with E-state index in [1.807, 2.05) is 30.3 Å². The number of benzene rings is 1. The summed E-state index contributed by atoms with van der Waals surface area (Å²) in [5, 5.41) is 3.83. The Labute approximate surface area is 152 Å².